The Bertz CT molecular complexity index is 991. The lowest BCUT2D eigenvalue weighted by Crippen LogP contribution is -2.30. The van der Waals surface area contributed by atoms with Crippen LogP contribution in [0.2, 0.25) is 5.02 Å². The van der Waals surface area contributed by atoms with Gasteiger partial charge in [0.2, 0.25) is 0 Å². The Morgan fingerprint density at radius 3 is 2.36 bits per heavy atom. The molecule has 0 aromatic heterocycles. The van der Waals surface area contributed by atoms with Crippen LogP contribution in [0.5, 0.6) is 5.75 Å². The molecule has 0 bridgehead atoms. The summed E-state index contributed by atoms with van der Waals surface area (Å²) in [5, 5.41) is 11.3. The molecule has 0 fully saturated rings. The standard InChI is InChI=1S/C21H17ClN2O4/c1-28-18-10-7-16(8-11-18)23(14-15-5-3-2-4-6-15)21(25)19-13-17(24(26)27)9-12-20(19)22/h2-13H,14H2,1H3. The van der Waals surface area contributed by atoms with Crippen LogP contribution in [0.1, 0.15) is 15.9 Å². The first-order valence-corrected chi connectivity index (χ1v) is 8.81. The largest absolute Gasteiger partial charge is 0.497 e. The summed E-state index contributed by atoms with van der Waals surface area (Å²) in [6, 6.07) is 20.3. The Balaban J connectivity index is 2.03. The molecular formula is C21H17ClN2O4. The van der Waals surface area contributed by atoms with E-state index in [1.807, 2.05) is 30.3 Å². The van der Waals surface area contributed by atoms with Crippen molar-refractivity contribution in [1.82, 2.24) is 0 Å². The third-order valence-corrected chi connectivity index (χ3v) is 4.53. The van der Waals surface area contributed by atoms with Gasteiger partial charge in [0.05, 0.1) is 29.2 Å². The Hall–Kier alpha value is -3.38. The molecule has 6 nitrogen and oxygen atoms in total. The molecular weight excluding hydrogens is 380 g/mol. The Labute approximate surface area is 167 Å². The van der Waals surface area contributed by atoms with Crippen LogP contribution in [0.25, 0.3) is 0 Å². The molecule has 0 unspecified atom stereocenters. The van der Waals surface area contributed by atoms with Gasteiger partial charge in [0.1, 0.15) is 5.75 Å². The number of ether oxygens (including phenoxy) is 1. The van der Waals surface area contributed by atoms with Gasteiger partial charge in [0.25, 0.3) is 11.6 Å². The van der Waals surface area contributed by atoms with Crippen LogP contribution in [0.15, 0.2) is 72.8 Å². The van der Waals surface area contributed by atoms with Crippen molar-refractivity contribution in [3.63, 3.8) is 0 Å². The Kier molecular flexibility index (Phi) is 5.91. The van der Waals surface area contributed by atoms with Gasteiger partial charge < -0.3 is 9.64 Å². The lowest BCUT2D eigenvalue weighted by atomic mass is 10.1. The highest BCUT2D eigenvalue weighted by Crippen LogP contribution is 2.28. The zero-order valence-corrected chi connectivity index (χ0v) is 15.8. The molecule has 0 aliphatic heterocycles. The number of nitro benzene ring substituents is 1. The van der Waals surface area contributed by atoms with E-state index in [2.05, 4.69) is 0 Å². The number of rotatable bonds is 6. The van der Waals surface area contributed by atoms with Crippen molar-refractivity contribution < 1.29 is 14.5 Å². The van der Waals surface area contributed by atoms with Crippen molar-refractivity contribution in [3.05, 3.63) is 99.1 Å². The molecule has 142 valence electrons. The van der Waals surface area contributed by atoms with Crippen molar-refractivity contribution in [2.75, 3.05) is 12.0 Å². The molecule has 3 aromatic rings. The second kappa shape index (κ2) is 8.54. The fourth-order valence-corrected chi connectivity index (χ4v) is 2.94. The van der Waals surface area contributed by atoms with Crippen LogP contribution in [-0.4, -0.2) is 17.9 Å². The number of halogens is 1. The van der Waals surface area contributed by atoms with Gasteiger partial charge in [-0.3, -0.25) is 14.9 Å². The van der Waals surface area contributed by atoms with E-state index in [1.54, 1.807) is 31.4 Å². The summed E-state index contributed by atoms with van der Waals surface area (Å²) in [6.07, 6.45) is 0. The number of hydrogen-bond acceptors (Lipinski definition) is 4. The quantitative estimate of drug-likeness (QED) is 0.429. The number of carbonyl (C=O) groups excluding carboxylic acids is 1. The normalized spacial score (nSPS) is 10.4. The number of nitrogens with zero attached hydrogens (tertiary/aromatic N) is 2. The zero-order chi connectivity index (χ0) is 20.1. The third-order valence-electron chi connectivity index (χ3n) is 4.20. The zero-order valence-electron chi connectivity index (χ0n) is 15.0. The molecule has 3 aromatic carbocycles. The average Bonchev–Trinajstić information content (AvgIpc) is 2.72. The summed E-state index contributed by atoms with van der Waals surface area (Å²) >= 11 is 6.19. The van der Waals surface area contributed by atoms with Gasteiger partial charge >= 0.3 is 0 Å². The van der Waals surface area contributed by atoms with Crippen molar-refractivity contribution in [3.8, 4) is 5.75 Å². The Morgan fingerprint density at radius 2 is 1.75 bits per heavy atom. The van der Waals surface area contributed by atoms with E-state index >= 15 is 0 Å². The second-order valence-electron chi connectivity index (χ2n) is 6.00. The first-order chi connectivity index (χ1) is 13.5. The number of benzene rings is 3. The first kappa shape index (κ1) is 19.4. The number of hydrogen-bond donors (Lipinski definition) is 0. The molecule has 28 heavy (non-hydrogen) atoms. The molecule has 0 aliphatic rings. The van der Waals surface area contributed by atoms with E-state index in [9.17, 15) is 14.9 Å². The predicted octanol–water partition coefficient (Wildman–Crippen LogP) is 5.10. The van der Waals surface area contributed by atoms with Crippen LogP contribution in [0, 0.1) is 10.1 Å². The van der Waals surface area contributed by atoms with Crippen LogP contribution in [-0.2, 0) is 6.54 Å². The fourth-order valence-electron chi connectivity index (χ4n) is 2.74. The minimum Gasteiger partial charge on any atom is -0.497 e. The molecule has 0 N–H and O–H groups in total. The van der Waals surface area contributed by atoms with E-state index in [4.69, 9.17) is 16.3 Å². The highest BCUT2D eigenvalue weighted by atomic mass is 35.5. The van der Waals surface area contributed by atoms with Gasteiger partial charge in [0, 0.05) is 17.8 Å². The molecule has 0 spiro atoms. The molecule has 0 heterocycles. The topological polar surface area (TPSA) is 72.7 Å². The first-order valence-electron chi connectivity index (χ1n) is 8.43. The van der Waals surface area contributed by atoms with E-state index in [0.29, 0.717) is 11.4 Å². The third kappa shape index (κ3) is 4.29. The molecule has 0 aliphatic carbocycles. The monoisotopic (exact) mass is 396 g/mol. The summed E-state index contributed by atoms with van der Waals surface area (Å²) in [5.74, 6) is 0.229. The Morgan fingerprint density at radius 1 is 1.07 bits per heavy atom. The maximum Gasteiger partial charge on any atom is 0.270 e. The molecule has 0 radical (unpaired) electrons. The van der Waals surface area contributed by atoms with Crippen LogP contribution in [0.4, 0.5) is 11.4 Å². The van der Waals surface area contributed by atoms with Crippen LogP contribution < -0.4 is 9.64 Å². The number of nitro groups is 1. The van der Waals surface area contributed by atoms with Crippen LogP contribution in [0.3, 0.4) is 0 Å². The fraction of sp³-hybridized carbons (Fsp3) is 0.0952. The van der Waals surface area contributed by atoms with E-state index in [0.717, 1.165) is 5.56 Å². The highest BCUT2D eigenvalue weighted by Gasteiger charge is 2.23. The van der Waals surface area contributed by atoms with Gasteiger partial charge in [-0.2, -0.15) is 0 Å². The maximum atomic E-state index is 13.3. The average molecular weight is 397 g/mol. The van der Waals surface area contributed by atoms with Crippen molar-refractivity contribution in [2.45, 2.75) is 6.54 Å². The highest BCUT2D eigenvalue weighted by molar-refractivity contribution is 6.34. The molecule has 1 amide bonds. The van der Waals surface area contributed by atoms with Gasteiger partial charge in [0.15, 0.2) is 0 Å². The van der Waals surface area contributed by atoms with Crippen molar-refractivity contribution >= 4 is 28.9 Å². The number of anilines is 1. The van der Waals surface area contributed by atoms with Gasteiger partial charge in [-0.1, -0.05) is 41.9 Å². The summed E-state index contributed by atoms with van der Waals surface area (Å²) in [6.45, 7) is 0.283. The van der Waals surface area contributed by atoms with Gasteiger partial charge in [-0.15, -0.1) is 0 Å². The SMILES string of the molecule is COc1ccc(N(Cc2ccccc2)C(=O)c2cc([N+](=O)[O-])ccc2Cl)cc1. The summed E-state index contributed by atoms with van der Waals surface area (Å²) in [5.41, 5.74) is 1.41. The smallest absolute Gasteiger partial charge is 0.270 e. The van der Waals surface area contributed by atoms with E-state index in [-0.39, 0.29) is 22.8 Å². The minimum absolute atomic E-state index is 0.0719. The van der Waals surface area contributed by atoms with Gasteiger partial charge in [-0.25, -0.2) is 0 Å². The number of non-ortho nitro benzene ring substituents is 1. The minimum atomic E-state index is -0.554. The predicted molar refractivity (Wildman–Crippen MR) is 108 cm³/mol. The van der Waals surface area contributed by atoms with Crippen molar-refractivity contribution in [2.24, 2.45) is 0 Å². The molecule has 0 atom stereocenters. The number of amides is 1. The van der Waals surface area contributed by atoms with Crippen LogP contribution >= 0.6 is 11.6 Å². The second-order valence-corrected chi connectivity index (χ2v) is 6.40. The molecule has 7 heteroatoms. The number of carbonyl (C=O) groups is 1. The molecule has 0 saturated heterocycles. The van der Waals surface area contributed by atoms with E-state index < -0.39 is 10.8 Å². The summed E-state index contributed by atoms with van der Waals surface area (Å²) in [4.78, 5) is 25.4. The summed E-state index contributed by atoms with van der Waals surface area (Å²) < 4.78 is 5.17. The van der Waals surface area contributed by atoms with Gasteiger partial charge in [-0.05, 0) is 35.9 Å². The summed E-state index contributed by atoms with van der Waals surface area (Å²) in [7, 11) is 1.56. The molecule has 3 rings (SSSR count). The molecule has 0 saturated carbocycles. The lowest BCUT2D eigenvalue weighted by molar-refractivity contribution is -0.384. The number of methoxy groups -OCH3 is 1. The maximum absolute atomic E-state index is 13.3. The van der Waals surface area contributed by atoms with Crippen molar-refractivity contribution in [1.29, 1.82) is 0 Å². The lowest BCUT2D eigenvalue weighted by Gasteiger charge is -2.24. The van der Waals surface area contributed by atoms with E-state index in [1.165, 1.54) is 23.1 Å².